The van der Waals surface area contributed by atoms with Gasteiger partial charge in [-0.1, -0.05) is 0 Å². The number of carbonyl (C=O) groups excluding carboxylic acids is 1. The molecule has 0 radical (unpaired) electrons. The Hall–Kier alpha value is -1.73. The molecular weight excluding hydrogens is 306 g/mol. The van der Waals surface area contributed by atoms with Crippen molar-refractivity contribution in [3.05, 3.63) is 29.3 Å². The summed E-state index contributed by atoms with van der Waals surface area (Å²) in [6, 6.07) is 1.85. The number of ether oxygens (including phenoxy) is 2. The van der Waals surface area contributed by atoms with Crippen molar-refractivity contribution >= 4 is 5.91 Å². The second-order valence-corrected chi connectivity index (χ2v) is 6.20. The van der Waals surface area contributed by atoms with Crippen molar-refractivity contribution in [2.24, 2.45) is 5.92 Å². The molecule has 2 aliphatic heterocycles. The van der Waals surface area contributed by atoms with Crippen molar-refractivity contribution in [1.82, 2.24) is 9.80 Å². The molecule has 1 amide bonds. The van der Waals surface area contributed by atoms with Gasteiger partial charge in [-0.2, -0.15) is 0 Å². The molecule has 3 rings (SSSR count). The van der Waals surface area contributed by atoms with Gasteiger partial charge in [0.15, 0.2) is 0 Å². The van der Waals surface area contributed by atoms with Crippen molar-refractivity contribution in [3.63, 3.8) is 0 Å². The summed E-state index contributed by atoms with van der Waals surface area (Å²) in [6.45, 7) is 2.80. The first-order chi connectivity index (χ1) is 11.0. The minimum absolute atomic E-state index is 0.0502. The predicted octanol–water partition coefficient (Wildman–Crippen LogP) is 1.38. The lowest BCUT2D eigenvalue weighted by molar-refractivity contribution is 0.0478. The molecule has 2 bridgehead atoms. The molecule has 0 N–H and O–H groups in total. The quantitative estimate of drug-likeness (QED) is 0.823. The van der Waals surface area contributed by atoms with Crippen LogP contribution >= 0.6 is 0 Å². The molecule has 2 heterocycles. The van der Waals surface area contributed by atoms with Crippen LogP contribution in [0.15, 0.2) is 12.1 Å². The van der Waals surface area contributed by atoms with Crippen LogP contribution in [-0.4, -0.2) is 68.8 Å². The van der Waals surface area contributed by atoms with E-state index in [0.717, 1.165) is 18.7 Å². The van der Waals surface area contributed by atoms with Gasteiger partial charge in [-0.3, -0.25) is 4.79 Å². The van der Waals surface area contributed by atoms with Gasteiger partial charge in [0.25, 0.3) is 5.91 Å². The van der Waals surface area contributed by atoms with Crippen molar-refractivity contribution < 1.29 is 23.0 Å². The number of fused-ring (bicyclic) bond motifs is 3. The Labute approximate surface area is 133 Å². The minimum atomic E-state index is -0.903. The van der Waals surface area contributed by atoms with Gasteiger partial charge in [0.1, 0.15) is 22.9 Å². The minimum Gasteiger partial charge on any atom is -0.497 e. The molecular formula is C16H20F2N2O3. The molecule has 0 aliphatic carbocycles. The van der Waals surface area contributed by atoms with Gasteiger partial charge in [0, 0.05) is 37.7 Å². The molecule has 23 heavy (non-hydrogen) atoms. The lowest BCUT2D eigenvalue weighted by Gasteiger charge is -2.30. The van der Waals surface area contributed by atoms with E-state index in [0.29, 0.717) is 26.3 Å². The topological polar surface area (TPSA) is 42.0 Å². The van der Waals surface area contributed by atoms with E-state index in [2.05, 4.69) is 4.90 Å². The van der Waals surface area contributed by atoms with Crippen LogP contribution < -0.4 is 4.74 Å². The first-order valence-electron chi connectivity index (χ1n) is 7.60. The van der Waals surface area contributed by atoms with E-state index in [1.807, 2.05) is 7.05 Å². The Morgan fingerprint density at radius 1 is 1.22 bits per heavy atom. The highest BCUT2D eigenvalue weighted by atomic mass is 19.1. The highest BCUT2D eigenvalue weighted by Gasteiger charge is 2.37. The number of nitrogens with zero attached hydrogens (tertiary/aromatic N) is 2. The fourth-order valence-electron chi connectivity index (χ4n) is 3.34. The Balaban J connectivity index is 1.93. The largest absolute Gasteiger partial charge is 0.497 e. The van der Waals surface area contributed by atoms with Gasteiger partial charge in [0.2, 0.25) is 0 Å². The number of methoxy groups -OCH3 is 1. The number of rotatable bonds is 2. The number of hydrogen-bond acceptors (Lipinski definition) is 4. The third kappa shape index (κ3) is 3.16. The third-order valence-electron chi connectivity index (χ3n) is 4.38. The maximum Gasteiger partial charge on any atom is 0.260 e. The number of hydrogen-bond donors (Lipinski definition) is 0. The Kier molecular flexibility index (Phi) is 4.50. The lowest BCUT2D eigenvalue weighted by atomic mass is 10.1. The summed E-state index contributed by atoms with van der Waals surface area (Å²) in [5.74, 6) is -2.24. The average molecular weight is 326 g/mol. The molecule has 2 fully saturated rings. The van der Waals surface area contributed by atoms with E-state index in [1.54, 1.807) is 4.90 Å². The van der Waals surface area contributed by atoms with Crippen LogP contribution in [-0.2, 0) is 4.74 Å². The van der Waals surface area contributed by atoms with Gasteiger partial charge in [0.05, 0.1) is 26.4 Å². The molecule has 2 aliphatic rings. The monoisotopic (exact) mass is 326 g/mol. The predicted molar refractivity (Wildman–Crippen MR) is 79.5 cm³/mol. The number of halogens is 2. The molecule has 0 aromatic heterocycles. The van der Waals surface area contributed by atoms with Crippen molar-refractivity contribution in [1.29, 1.82) is 0 Å². The molecule has 0 saturated carbocycles. The summed E-state index contributed by atoms with van der Waals surface area (Å²) in [7, 11) is 3.30. The van der Waals surface area contributed by atoms with Crippen LogP contribution in [0.2, 0.25) is 0 Å². The fraction of sp³-hybridized carbons (Fsp3) is 0.562. The molecule has 7 heteroatoms. The normalized spacial score (nSPS) is 25.1. The van der Waals surface area contributed by atoms with Gasteiger partial charge in [-0.25, -0.2) is 8.78 Å². The smallest absolute Gasteiger partial charge is 0.260 e. The van der Waals surface area contributed by atoms with Gasteiger partial charge in [-0.15, -0.1) is 0 Å². The van der Waals surface area contributed by atoms with Gasteiger partial charge in [-0.05, 0) is 7.05 Å². The first-order valence-corrected chi connectivity index (χ1v) is 7.60. The Morgan fingerprint density at radius 3 is 2.57 bits per heavy atom. The summed E-state index contributed by atoms with van der Waals surface area (Å²) >= 11 is 0. The van der Waals surface area contributed by atoms with E-state index in [9.17, 15) is 13.6 Å². The molecule has 5 nitrogen and oxygen atoms in total. The lowest BCUT2D eigenvalue weighted by Crippen LogP contribution is -2.46. The van der Waals surface area contributed by atoms with Crippen LogP contribution in [0.5, 0.6) is 5.75 Å². The van der Waals surface area contributed by atoms with Gasteiger partial charge >= 0.3 is 0 Å². The summed E-state index contributed by atoms with van der Waals surface area (Å²) in [4.78, 5) is 16.5. The Bertz CT molecular complexity index is 588. The molecule has 126 valence electrons. The highest BCUT2D eigenvalue weighted by Crippen LogP contribution is 2.25. The van der Waals surface area contributed by atoms with Crippen molar-refractivity contribution in [3.8, 4) is 5.75 Å². The fourth-order valence-corrected chi connectivity index (χ4v) is 3.34. The molecule has 2 saturated heterocycles. The zero-order valence-electron chi connectivity index (χ0n) is 13.2. The molecule has 1 aromatic rings. The number of amides is 1. The number of carbonyl (C=O) groups is 1. The molecule has 1 aromatic carbocycles. The zero-order valence-corrected chi connectivity index (χ0v) is 13.2. The standard InChI is InChI=1S/C16H20F2N2O3/c1-19-5-10-6-20(11(7-19)9-23-8-10)16(21)15-13(17)3-12(22-2)4-14(15)18/h3-4,10-11H,5-9H2,1-2H3/t10-,11-/m0/s1. The Morgan fingerprint density at radius 2 is 1.91 bits per heavy atom. The second-order valence-electron chi connectivity index (χ2n) is 6.20. The number of likely N-dealkylation sites (N-methyl/N-ethyl adjacent to an activating group) is 1. The second kappa shape index (κ2) is 6.41. The van der Waals surface area contributed by atoms with E-state index in [-0.39, 0.29) is 17.7 Å². The van der Waals surface area contributed by atoms with E-state index >= 15 is 0 Å². The van der Waals surface area contributed by atoms with Crippen LogP contribution in [0.1, 0.15) is 10.4 Å². The summed E-state index contributed by atoms with van der Waals surface area (Å²) in [5, 5.41) is 0. The SMILES string of the molecule is COc1cc(F)c(C(=O)N2C[C@H]3COC[C@@H]2CN(C)C3)c(F)c1. The maximum atomic E-state index is 14.2. The molecule has 0 spiro atoms. The highest BCUT2D eigenvalue weighted by molar-refractivity contribution is 5.95. The van der Waals surface area contributed by atoms with E-state index in [4.69, 9.17) is 9.47 Å². The zero-order chi connectivity index (χ0) is 16.6. The molecule has 0 unspecified atom stereocenters. The molecule has 2 atom stereocenters. The van der Waals surface area contributed by atoms with Crippen LogP contribution in [0, 0.1) is 17.6 Å². The van der Waals surface area contributed by atoms with Crippen molar-refractivity contribution in [2.75, 3.05) is 47.0 Å². The maximum absolute atomic E-state index is 14.2. The van der Waals surface area contributed by atoms with Gasteiger partial charge < -0.3 is 19.3 Å². The first kappa shape index (κ1) is 16.1. The third-order valence-corrected chi connectivity index (χ3v) is 4.38. The summed E-state index contributed by atoms with van der Waals surface area (Å²) in [5.41, 5.74) is -0.527. The van der Waals surface area contributed by atoms with Crippen molar-refractivity contribution in [2.45, 2.75) is 6.04 Å². The summed E-state index contributed by atoms with van der Waals surface area (Å²) < 4.78 is 38.9. The van der Waals surface area contributed by atoms with E-state index in [1.165, 1.54) is 7.11 Å². The summed E-state index contributed by atoms with van der Waals surface area (Å²) in [6.07, 6.45) is 0. The van der Waals surface area contributed by atoms with Crippen LogP contribution in [0.3, 0.4) is 0 Å². The van der Waals surface area contributed by atoms with Crippen LogP contribution in [0.4, 0.5) is 8.78 Å². The van der Waals surface area contributed by atoms with Crippen LogP contribution in [0.25, 0.3) is 0 Å². The number of benzene rings is 1. The average Bonchev–Trinajstić information content (AvgIpc) is 2.76. The van der Waals surface area contributed by atoms with E-state index < -0.39 is 23.1 Å².